The Hall–Kier alpha value is -1.10. The second-order valence-electron chi connectivity index (χ2n) is 5.52. The number of hydrogen-bond donors (Lipinski definition) is 1. The number of carbonyl (C=O) groups is 2. The molecule has 2 aliphatic heterocycles. The Kier molecular flexibility index (Phi) is 4.22. The van der Waals surface area contributed by atoms with Gasteiger partial charge in [-0.1, -0.05) is 6.92 Å². The molecule has 2 aliphatic rings. The van der Waals surface area contributed by atoms with Gasteiger partial charge in [0.2, 0.25) is 5.91 Å². The summed E-state index contributed by atoms with van der Waals surface area (Å²) in [5, 5.41) is 9.04. The number of nitrogens with zero attached hydrogens (tertiary/aromatic N) is 2. The van der Waals surface area contributed by atoms with E-state index < -0.39 is 5.97 Å². The first-order valence-corrected chi connectivity index (χ1v) is 6.81. The number of likely N-dealkylation sites (tertiary alicyclic amines) is 2. The smallest absolute Gasteiger partial charge is 0.308 e. The van der Waals surface area contributed by atoms with Crippen LogP contribution in [0.5, 0.6) is 0 Å². The van der Waals surface area contributed by atoms with Crippen molar-refractivity contribution in [3.63, 3.8) is 0 Å². The summed E-state index contributed by atoms with van der Waals surface area (Å²) in [4.78, 5) is 27.1. The molecule has 2 unspecified atom stereocenters. The largest absolute Gasteiger partial charge is 0.481 e. The maximum Gasteiger partial charge on any atom is 0.308 e. The summed E-state index contributed by atoms with van der Waals surface area (Å²) in [5.41, 5.74) is 0. The summed E-state index contributed by atoms with van der Waals surface area (Å²) < 4.78 is 0. The molecule has 1 amide bonds. The van der Waals surface area contributed by atoms with Gasteiger partial charge in [-0.05, 0) is 31.8 Å². The number of carboxylic acids is 1. The molecule has 2 atom stereocenters. The zero-order valence-electron chi connectivity index (χ0n) is 11.0. The molecule has 0 aliphatic carbocycles. The van der Waals surface area contributed by atoms with Crippen molar-refractivity contribution in [2.45, 2.75) is 26.2 Å². The van der Waals surface area contributed by atoms with Gasteiger partial charge in [-0.2, -0.15) is 0 Å². The van der Waals surface area contributed by atoms with Crippen LogP contribution in [0.3, 0.4) is 0 Å². The van der Waals surface area contributed by atoms with Gasteiger partial charge in [-0.15, -0.1) is 0 Å². The van der Waals surface area contributed by atoms with Crippen molar-refractivity contribution in [3.05, 3.63) is 0 Å². The maximum absolute atomic E-state index is 12.0. The first-order valence-electron chi connectivity index (χ1n) is 6.81. The number of rotatable bonds is 4. The summed E-state index contributed by atoms with van der Waals surface area (Å²) in [6.07, 6.45) is 2.99. The zero-order valence-corrected chi connectivity index (χ0v) is 11.0. The van der Waals surface area contributed by atoms with Crippen molar-refractivity contribution in [1.29, 1.82) is 0 Å². The van der Waals surface area contributed by atoms with E-state index in [2.05, 4.69) is 4.90 Å². The fraction of sp³-hybridized carbons (Fsp3) is 0.846. The lowest BCUT2D eigenvalue weighted by atomic mass is 9.99. The Morgan fingerprint density at radius 3 is 2.44 bits per heavy atom. The highest BCUT2D eigenvalue weighted by molar-refractivity contribution is 5.79. The molecule has 0 saturated carbocycles. The summed E-state index contributed by atoms with van der Waals surface area (Å²) in [6.45, 7) is 5.90. The minimum atomic E-state index is -0.780. The van der Waals surface area contributed by atoms with Gasteiger partial charge in [0.15, 0.2) is 0 Å². The fourth-order valence-corrected chi connectivity index (χ4v) is 2.91. The molecule has 0 aromatic carbocycles. The van der Waals surface area contributed by atoms with Gasteiger partial charge in [-0.3, -0.25) is 9.59 Å². The molecule has 102 valence electrons. The highest BCUT2D eigenvalue weighted by Gasteiger charge is 2.36. The predicted molar refractivity (Wildman–Crippen MR) is 67.2 cm³/mol. The second-order valence-corrected chi connectivity index (χ2v) is 5.52. The van der Waals surface area contributed by atoms with Gasteiger partial charge < -0.3 is 14.9 Å². The molecule has 2 saturated heterocycles. The lowest BCUT2D eigenvalue weighted by Gasteiger charge is -2.19. The molecular formula is C13H22N2O3. The van der Waals surface area contributed by atoms with E-state index >= 15 is 0 Å². The van der Waals surface area contributed by atoms with Gasteiger partial charge >= 0.3 is 5.97 Å². The van der Waals surface area contributed by atoms with E-state index in [0.717, 1.165) is 19.6 Å². The monoisotopic (exact) mass is 254 g/mol. The molecule has 5 heteroatoms. The minimum absolute atomic E-state index is 0.0678. The Morgan fingerprint density at radius 1 is 1.22 bits per heavy atom. The topological polar surface area (TPSA) is 60.9 Å². The Morgan fingerprint density at radius 2 is 1.89 bits per heavy atom. The Labute approximate surface area is 108 Å². The van der Waals surface area contributed by atoms with Crippen molar-refractivity contribution >= 4 is 11.9 Å². The van der Waals surface area contributed by atoms with E-state index in [1.54, 1.807) is 4.90 Å². The first-order chi connectivity index (χ1) is 8.58. The molecular weight excluding hydrogens is 232 g/mol. The predicted octanol–water partition coefficient (Wildman–Crippen LogP) is 0.651. The van der Waals surface area contributed by atoms with E-state index in [1.165, 1.54) is 12.8 Å². The highest BCUT2D eigenvalue weighted by Crippen LogP contribution is 2.23. The maximum atomic E-state index is 12.0. The van der Waals surface area contributed by atoms with Gasteiger partial charge in [0.05, 0.1) is 5.92 Å². The van der Waals surface area contributed by atoms with Crippen LogP contribution in [0, 0.1) is 11.8 Å². The third kappa shape index (κ3) is 3.02. The molecule has 0 aromatic rings. The van der Waals surface area contributed by atoms with E-state index in [9.17, 15) is 9.59 Å². The van der Waals surface area contributed by atoms with E-state index in [0.29, 0.717) is 19.5 Å². The van der Waals surface area contributed by atoms with Crippen LogP contribution >= 0.6 is 0 Å². The van der Waals surface area contributed by atoms with Gasteiger partial charge in [-0.25, -0.2) is 0 Å². The minimum Gasteiger partial charge on any atom is -0.481 e. The van der Waals surface area contributed by atoms with Crippen LogP contribution in [0.25, 0.3) is 0 Å². The fourth-order valence-electron chi connectivity index (χ4n) is 2.91. The molecule has 18 heavy (non-hydrogen) atoms. The summed E-state index contributed by atoms with van der Waals surface area (Å²) in [5.74, 6) is -0.992. The quantitative estimate of drug-likeness (QED) is 0.800. The van der Waals surface area contributed by atoms with Gasteiger partial charge in [0.25, 0.3) is 0 Å². The normalized spacial score (nSPS) is 28.8. The number of carboxylic acid groups (broad SMARTS) is 1. The van der Waals surface area contributed by atoms with E-state index in [-0.39, 0.29) is 17.7 Å². The molecule has 2 fully saturated rings. The van der Waals surface area contributed by atoms with Crippen LogP contribution in [-0.4, -0.2) is 59.5 Å². The average molecular weight is 254 g/mol. The molecule has 0 radical (unpaired) electrons. The average Bonchev–Trinajstić information content (AvgIpc) is 2.94. The van der Waals surface area contributed by atoms with Crippen LogP contribution < -0.4 is 0 Å². The van der Waals surface area contributed by atoms with Crippen LogP contribution in [0.15, 0.2) is 0 Å². The third-order valence-corrected chi connectivity index (χ3v) is 4.12. The zero-order chi connectivity index (χ0) is 13.1. The highest BCUT2D eigenvalue weighted by atomic mass is 16.4. The van der Waals surface area contributed by atoms with Crippen LogP contribution in [0.2, 0.25) is 0 Å². The number of hydrogen-bond acceptors (Lipinski definition) is 3. The first kappa shape index (κ1) is 13.3. The SMILES string of the molecule is CC1CN(C(=O)CCN2CCCC2)CC1C(=O)O. The summed E-state index contributed by atoms with van der Waals surface area (Å²) in [6, 6.07) is 0. The van der Waals surface area contributed by atoms with Crippen LogP contribution in [-0.2, 0) is 9.59 Å². The molecule has 1 N–H and O–H groups in total. The molecule has 0 spiro atoms. The lowest BCUT2D eigenvalue weighted by Crippen LogP contribution is -2.33. The van der Waals surface area contributed by atoms with E-state index in [1.807, 2.05) is 6.92 Å². The van der Waals surface area contributed by atoms with Crippen LogP contribution in [0.1, 0.15) is 26.2 Å². The van der Waals surface area contributed by atoms with Crippen LogP contribution in [0.4, 0.5) is 0 Å². The molecule has 5 nitrogen and oxygen atoms in total. The second kappa shape index (κ2) is 5.69. The summed E-state index contributed by atoms with van der Waals surface area (Å²) >= 11 is 0. The number of aliphatic carboxylic acids is 1. The molecule has 2 heterocycles. The number of amides is 1. The van der Waals surface area contributed by atoms with Crippen molar-refractivity contribution < 1.29 is 14.7 Å². The standard InChI is InChI=1S/C13H22N2O3/c1-10-8-15(9-11(10)13(17)18)12(16)4-7-14-5-2-3-6-14/h10-11H,2-9H2,1H3,(H,17,18). The lowest BCUT2D eigenvalue weighted by molar-refractivity contribution is -0.142. The molecule has 0 bridgehead atoms. The van der Waals surface area contributed by atoms with Crippen molar-refractivity contribution in [2.75, 3.05) is 32.7 Å². The van der Waals surface area contributed by atoms with E-state index in [4.69, 9.17) is 5.11 Å². The van der Waals surface area contributed by atoms with Crippen molar-refractivity contribution in [1.82, 2.24) is 9.80 Å². The molecule has 2 rings (SSSR count). The van der Waals surface area contributed by atoms with Crippen molar-refractivity contribution in [2.24, 2.45) is 11.8 Å². The number of carbonyl (C=O) groups excluding carboxylic acids is 1. The summed E-state index contributed by atoms with van der Waals surface area (Å²) in [7, 11) is 0. The third-order valence-electron chi connectivity index (χ3n) is 4.12. The van der Waals surface area contributed by atoms with Crippen molar-refractivity contribution in [3.8, 4) is 0 Å². The van der Waals surface area contributed by atoms with Gasteiger partial charge in [0.1, 0.15) is 0 Å². The van der Waals surface area contributed by atoms with Gasteiger partial charge in [0, 0.05) is 26.1 Å². The molecule has 0 aromatic heterocycles. The Balaban J connectivity index is 1.77. The Bertz CT molecular complexity index is 326.